The van der Waals surface area contributed by atoms with Crippen LogP contribution in [0.4, 0.5) is 0 Å². The van der Waals surface area contributed by atoms with Crippen LogP contribution in [0.2, 0.25) is 0 Å². The normalized spacial score (nSPS) is 17.9. The third kappa shape index (κ3) is 3.63. The van der Waals surface area contributed by atoms with Gasteiger partial charge in [-0.3, -0.25) is 4.90 Å². The largest absolute Gasteiger partial charge is 0.507 e. The molecule has 3 heteroatoms. The van der Waals surface area contributed by atoms with Crippen molar-refractivity contribution in [1.82, 2.24) is 4.90 Å². The van der Waals surface area contributed by atoms with E-state index < -0.39 is 0 Å². The fourth-order valence-corrected chi connectivity index (χ4v) is 2.82. The Bertz CT molecular complexity index is 409. The number of likely N-dealkylation sites (tertiary alicyclic amines) is 1. The van der Waals surface area contributed by atoms with E-state index in [9.17, 15) is 5.11 Å². The Hall–Kier alpha value is -1.22. The molecule has 1 aromatic rings. The van der Waals surface area contributed by atoms with Gasteiger partial charge in [0.05, 0.1) is 7.11 Å². The van der Waals surface area contributed by atoms with Gasteiger partial charge in [-0.25, -0.2) is 0 Å². The first-order valence-corrected chi connectivity index (χ1v) is 7.18. The van der Waals surface area contributed by atoms with E-state index in [-0.39, 0.29) is 0 Å². The lowest BCUT2D eigenvalue weighted by Crippen LogP contribution is -2.34. The van der Waals surface area contributed by atoms with Gasteiger partial charge in [-0.15, -0.1) is 0 Å². The molecule has 0 aromatic heterocycles. The van der Waals surface area contributed by atoms with Crippen LogP contribution in [0, 0.1) is 11.8 Å². The predicted octanol–water partition coefficient (Wildman–Crippen LogP) is 3.27. The van der Waals surface area contributed by atoms with Gasteiger partial charge in [0, 0.05) is 18.2 Å². The monoisotopic (exact) mass is 263 g/mol. The summed E-state index contributed by atoms with van der Waals surface area (Å²) in [5.41, 5.74) is 0.990. The molecule has 0 amide bonds. The van der Waals surface area contributed by atoms with Crippen LogP contribution in [0.1, 0.15) is 32.3 Å². The zero-order valence-electron chi connectivity index (χ0n) is 12.2. The van der Waals surface area contributed by atoms with Crippen LogP contribution in [0.3, 0.4) is 0 Å². The molecule has 19 heavy (non-hydrogen) atoms. The molecule has 0 saturated carbocycles. The van der Waals surface area contributed by atoms with E-state index in [0.717, 1.165) is 37.0 Å². The third-order valence-electron chi connectivity index (χ3n) is 4.26. The summed E-state index contributed by atoms with van der Waals surface area (Å²) in [6.45, 7) is 7.73. The summed E-state index contributed by atoms with van der Waals surface area (Å²) in [6.07, 6.45) is 2.54. The molecule has 0 spiro atoms. The van der Waals surface area contributed by atoms with Gasteiger partial charge in [0.1, 0.15) is 11.5 Å². The van der Waals surface area contributed by atoms with Crippen LogP contribution in [0.5, 0.6) is 11.5 Å². The van der Waals surface area contributed by atoms with E-state index in [4.69, 9.17) is 4.74 Å². The highest BCUT2D eigenvalue weighted by Crippen LogP contribution is 2.28. The molecule has 1 fully saturated rings. The van der Waals surface area contributed by atoms with Gasteiger partial charge >= 0.3 is 0 Å². The second-order valence-electron chi connectivity index (χ2n) is 5.85. The zero-order chi connectivity index (χ0) is 13.8. The molecule has 0 unspecified atom stereocenters. The number of benzene rings is 1. The first-order chi connectivity index (χ1) is 9.10. The minimum absolute atomic E-state index is 0.338. The number of hydrogen-bond acceptors (Lipinski definition) is 3. The maximum Gasteiger partial charge on any atom is 0.123 e. The number of ether oxygens (including phenoxy) is 1. The standard InChI is InChI=1S/C16H25NO2/c1-12(2)13-6-8-17(9-7-13)11-14-4-5-15(19-3)10-16(14)18/h4-5,10,12-13,18H,6-9,11H2,1-3H3. The average Bonchev–Trinajstić information content (AvgIpc) is 2.41. The van der Waals surface area contributed by atoms with Crippen molar-refractivity contribution in [2.75, 3.05) is 20.2 Å². The smallest absolute Gasteiger partial charge is 0.123 e. The molecular weight excluding hydrogens is 238 g/mol. The van der Waals surface area contributed by atoms with Crippen LogP contribution in [-0.4, -0.2) is 30.2 Å². The molecule has 2 rings (SSSR count). The Morgan fingerprint density at radius 3 is 2.53 bits per heavy atom. The maximum atomic E-state index is 9.99. The van der Waals surface area contributed by atoms with Crippen molar-refractivity contribution in [3.05, 3.63) is 23.8 Å². The Morgan fingerprint density at radius 1 is 1.32 bits per heavy atom. The fourth-order valence-electron chi connectivity index (χ4n) is 2.82. The molecule has 1 N–H and O–H groups in total. The second kappa shape index (κ2) is 6.29. The molecule has 0 atom stereocenters. The van der Waals surface area contributed by atoms with Crippen LogP contribution in [-0.2, 0) is 6.54 Å². The topological polar surface area (TPSA) is 32.7 Å². The first kappa shape index (κ1) is 14.2. The van der Waals surface area contributed by atoms with Crippen LogP contribution < -0.4 is 4.74 Å². The first-order valence-electron chi connectivity index (χ1n) is 7.18. The highest BCUT2D eigenvalue weighted by Gasteiger charge is 2.22. The summed E-state index contributed by atoms with van der Waals surface area (Å²) in [4.78, 5) is 2.43. The summed E-state index contributed by atoms with van der Waals surface area (Å²) in [5, 5.41) is 9.99. The van der Waals surface area contributed by atoms with Crippen molar-refractivity contribution in [2.45, 2.75) is 33.2 Å². The van der Waals surface area contributed by atoms with E-state index in [1.165, 1.54) is 12.8 Å². The Labute approximate surface area is 116 Å². The van der Waals surface area contributed by atoms with Gasteiger partial charge in [-0.2, -0.15) is 0 Å². The van der Waals surface area contributed by atoms with E-state index in [2.05, 4.69) is 18.7 Å². The number of hydrogen-bond donors (Lipinski definition) is 1. The number of phenols is 1. The van der Waals surface area contributed by atoms with Crippen molar-refractivity contribution in [3.8, 4) is 11.5 Å². The molecule has 1 aromatic carbocycles. The van der Waals surface area contributed by atoms with Gasteiger partial charge in [0.2, 0.25) is 0 Å². The van der Waals surface area contributed by atoms with Crippen molar-refractivity contribution in [3.63, 3.8) is 0 Å². The van der Waals surface area contributed by atoms with Crippen molar-refractivity contribution < 1.29 is 9.84 Å². The summed E-state index contributed by atoms with van der Waals surface area (Å²) < 4.78 is 5.11. The molecule has 0 bridgehead atoms. The Balaban J connectivity index is 1.92. The molecule has 0 radical (unpaired) electrons. The van der Waals surface area contributed by atoms with E-state index in [1.807, 2.05) is 12.1 Å². The van der Waals surface area contributed by atoms with Crippen molar-refractivity contribution in [2.24, 2.45) is 11.8 Å². The van der Waals surface area contributed by atoms with Crippen molar-refractivity contribution in [1.29, 1.82) is 0 Å². The van der Waals surface area contributed by atoms with E-state index in [0.29, 0.717) is 11.5 Å². The van der Waals surface area contributed by atoms with Gasteiger partial charge in [0.25, 0.3) is 0 Å². The summed E-state index contributed by atoms with van der Waals surface area (Å²) in [7, 11) is 1.62. The molecule has 1 aliphatic rings. The van der Waals surface area contributed by atoms with Crippen molar-refractivity contribution >= 4 is 0 Å². The van der Waals surface area contributed by atoms with Crippen LogP contribution >= 0.6 is 0 Å². The lowest BCUT2D eigenvalue weighted by molar-refractivity contribution is 0.151. The van der Waals surface area contributed by atoms with E-state index >= 15 is 0 Å². The van der Waals surface area contributed by atoms with Gasteiger partial charge < -0.3 is 9.84 Å². The number of methoxy groups -OCH3 is 1. The highest BCUT2D eigenvalue weighted by molar-refractivity contribution is 5.39. The quantitative estimate of drug-likeness (QED) is 0.905. The molecule has 0 aliphatic carbocycles. The molecule has 1 aliphatic heterocycles. The predicted molar refractivity (Wildman–Crippen MR) is 77.5 cm³/mol. The fraction of sp³-hybridized carbons (Fsp3) is 0.625. The third-order valence-corrected chi connectivity index (χ3v) is 4.26. The summed E-state index contributed by atoms with van der Waals surface area (Å²) in [6, 6.07) is 5.56. The number of aromatic hydroxyl groups is 1. The SMILES string of the molecule is COc1ccc(CN2CCC(C(C)C)CC2)c(O)c1. The molecule has 1 saturated heterocycles. The number of rotatable bonds is 4. The second-order valence-corrected chi connectivity index (χ2v) is 5.85. The molecule has 106 valence electrons. The number of phenolic OH excluding ortho intramolecular Hbond substituents is 1. The number of piperidine rings is 1. The maximum absolute atomic E-state index is 9.99. The average molecular weight is 263 g/mol. The van der Waals surface area contributed by atoms with Crippen LogP contribution in [0.25, 0.3) is 0 Å². The van der Waals surface area contributed by atoms with Gasteiger partial charge in [0.15, 0.2) is 0 Å². The molecular formula is C16H25NO2. The summed E-state index contributed by atoms with van der Waals surface area (Å²) >= 11 is 0. The molecule has 1 heterocycles. The lowest BCUT2D eigenvalue weighted by Gasteiger charge is -2.33. The zero-order valence-corrected chi connectivity index (χ0v) is 12.2. The van der Waals surface area contributed by atoms with Gasteiger partial charge in [-0.1, -0.05) is 19.9 Å². The summed E-state index contributed by atoms with van der Waals surface area (Å²) in [5.74, 6) is 2.70. The highest BCUT2D eigenvalue weighted by atomic mass is 16.5. The minimum atomic E-state index is 0.338. The number of nitrogens with zero attached hydrogens (tertiary/aromatic N) is 1. The van der Waals surface area contributed by atoms with E-state index in [1.54, 1.807) is 13.2 Å². The Kier molecular flexibility index (Phi) is 4.70. The van der Waals surface area contributed by atoms with Crippen LogP contribution in [0.15, 0.2) is 18.2 Å². The lowest BCUT2D eigenvalue weighted by atomic mass is 9.86. The minimum Gasteiger partial charge on any atom is -0.507 e. The Morgan fingerprint density at radius 2 is 2.00 bits per heavy atom. The van der Waals surface area contributed by atoms with Gasteiger partial charge in [-0.05, 0) is 43.8 Å². The molecule has 3 nitrogen and oxygen atoms in total.